The van der Waals surface area contributed by atoms with Crippen LogP contribution in [0.5, 0.6) is 0 Å². The van der Waals surface area contributed by atoms with Crippen molar-refractivity contribution in [2.75, 3.05) is 14.2 Å². The zero-order valence-electron chi connectivity index (χ0n) is 11.3. The highest BCUT2D eigenvalue weighted by molar-refractivity contribution is 6.29. The van der Waals surface area contributed by atoms with Gasteiger partial charge in [0.15, 0.2) is 0 Å². The van der Waals surface area contributed by atoms with Gasteiger partial charge in [-0.15, -0.1) is 0 Å². The fourth-order valence-corrected chi connectivity index (χ4v) is 1.91. The van der Waals surface area contributed by atoms with E-state index in [2.05, 4.69) is 9.97 Å². The highest BCUT2D eigenvalue weighted by Crippen LogP contribution is 2.26. The number of nitrogens with zero attached hydrogens (tertiary/aromatic N) is 2. The number of hydrogen-bond acceptors (Lipinski definition) is 6. The van der Waals surface area contributed by atoms with Crippen LogP contribution in [0.25, 0.3) is 11.4 Å². The lowest BCUT2D eigenvalue weighted by atomic mass is 10.1. The van der Waals surface area contributed by atoms with E-state index in [9.17, 15) is 9.59 Å². The third kappa shape index (κ3) is 3.00. The fourth-order valence-electron chi connectivity index (χ4n) is 1.76. The molecule has 2 aromatic heterocycles. The van der Waals surface area contributed by atoms with Gasteiger partial charge in [0.05, 0.1) is 25.3 Å². The van der Waals surface area contributed by atoms with Crippen LogP contribution < -0.4 is 0 Å². The molecule has 0 saturated heterocycles. The zero-order chi connectivity index (χ0) is 15.4. The molecule has 0 radical (unpaired) electrons. The number of aromatic nitrogens is 2. The molecule has 0 atom stereocenters. The summed E-state index contributed by atoms with van der Waals surface area (Å²) < 4.78 is 9.40. The Bertz CT molecular complexity index is 703. The molecule has 0 unspecified atom stereocenters. The largest absolute Gasteiger partial charge is 0.465 e. The number of ether oxygens (including phenoxy) is 2. The first kappa shape index (κ1) is 14.9. The normalized spacial score (nSPS) is 10.0. The minimum atomic E-state index is -0.601. The van der Waals surface area contributed by atoms with Crippen molar-refractivity contribution < 1.29 is 19.1 Å². The standard InChI is InChI=1S/C14H11ClN2O4/c1-20-13(18)8-4-3-7-16-11(8)12-9(14(19)21-2)5-6-10(15)17-12/h3-7H,1-2H3. The summed E-state index contributed by atoms with van der Waals surface area (Å²) in [6.07, 6.45) is 1.48. The second-order valence-corrected chi connectivity index (χ2v) is 4.30. The summed E-state index contributed by atoms with van der Waals surface area (Å²) in [6.45, 7) is 0. The number of rotatable bonds is 3. The maximum absolute atomic E-state index is 11.8. The molecule has 0 bridgehead atoms. The summed E-state index contributed by atoms with van der Waals surface area (Å²) in [6, 6.07) is 6.03. The average Bonchev–Trinajstić information content (AvgIpc) is 2.53. The molecule has 0 saturated carbocycles. The van der Waals surface area contributed by atoms with E-state index >= 15 is 0 Å². The van der Waals surface area contributed by atoms with Gasteiger partial charge in [-0.2, -0.15) is 0 Å². The highest BCUT2D eigenvalue weighted by Gasteiger charge is 2.22. The Labute approximate surface area is 125 Å². The number of pyridine rings is 2. The van der Waals surface area contributed by atoms with Crippen molar-refractivity contribution >= 4 is 23.5 Å². The molecule has 2 rings (SSSR count). The molecule has 0 N–H and O–H groups in total. The van der Waals surface area contributed by atoms with E-state index < -0.39 is 11.9 Å². The van der Waals surface area contributed by atoms with Crippen LogP contribution in [-0.2, 0) is 9.47 Å². The van der Waals surface area contributed by atoms with Crippen LogP contribution in [0.2, 0.25) is 5.15 Å². The van der Waals surface area contributed by atoms with E-state index in [-0.39, 0.29) is 27.7 Å². The van der Waals surface area contributed by atoms with Gasteiger partial charge in [0.1, 0.15) is 16.5 Å². The molecule has 0 aliphatic rings. The van der Waals surface area contributed by atoms with E-state index in [0.717, 1.165) is 0 Å². The first-order chi connectivity index (χ1) is 10.1. The lowest BCUT2D eigenvalue weighted by molar-refractivity contribution is 0.0589. The molecule has 0 aliphatic carbocycles. The third-order valence-corrected chi connectivity index (χ3v) is 2.91. The summed E-state index contributed by atoms with van der Waals surface area (Å²) in [5.74, 6) is -1.19. The van der Waals surface area contributed by atoms with Crippen LogP contribution >= 0.6 is 11.6 Å². The first-order valence-corrected chi connectivity index (χ1v) is 6.24. The summed E-state index contributed by atoms with van der Waals surface area (Å²) in [5, 5.41) is 0.166. The molecule has 0 spiro atoms. The molecular formula is C14H11ClN2O4. The van der Waals surface area contributed by atoms with Crippen LogP contribution in [0.1, 0.15) is 20.7 Å². The fraction of sp³-hybridized carbons (Fsp3) is 0.143. The zero-order valence-corrected chi connectivity index (χ0v) is 12.0. The first-order valence-electron chi connectivity index (χ1n) is 5.87. The molecule has 21 heavy (non-hydrogen) atoms. The molecule has 0 aliphatic heterocycles. The average molecular weight is 307 g/mol. The van der Waals surface area contributed by atoms with E-state index in [1.165, 1.54) is 38.6 Å². The predicted molar refractivity (Wildman–Crippen MR) is 75.2 cm³/mol. The molecule has 0 fully saturated rings. The Hall–Kier alpha value is -2.47. The van der Waals surface area contributed by atoms with Gasteiger partial charge in [-0.3, -0.25) is 4.98 Å². The van der Waals surface area contributed by atoms with Gasteiger partial charge >= 0.3 is 11.9 Å². The number of carbonyl (C=O) groups excluding carboxylic acids is 2. The molecule has 7 heteroatoms. The van der Waals surface area contributed by atoms with E-state index in [1.807, 2.05) is 0 Å². The Morgan fingerprint density at radius 2 is 1.62 bits per heavy atom. The van der Waals surface area contributed by atoms with Crippen LogP contribution in [0, 0.1) is 0 Å². The third-order valence-electron chi connectivity index (χ3n) is 2.70. The van der Waals surface area contributed by atoms with Crippen LogP contribution in [0.4, 0.5) is 0 Å². The van der Waals surface area contributed by atoms with Crippen LogP contribution in [0.3, 0.4) is 0 Å². The quantitative estimate of drug-likeness (QED) is 0.640. The number of hydrogen-bond donors (Lipinski definition) is 0. The Kier molecular flexibility index (Phi) is 4.49. The van der Waals surface area contributed by atoms with Crippen molar-refractivity contribution in [2.24, 2.45) is 0 Å². The van der Waals surface area contributed by atoms with Crippen molar-refractivity contribution in [3.05, 3.63) is 46.7 Å². The maximum atomic E-state index is 11.8. The predicted octanol–water partition coefficient (Wildman–Crippen LogP) is 2.37. The number of carbonyl (C=O) groups is 2. The number of esters is 2. The molecule has 2 heterocycles. The van der Waals surface area contributed by atoms with Crippen molar-refractivity contribution in [1.82, 2.24) is 9.97 Å². The minimum Gasteiger partial charge on any atom is -0.465 e. The van der Waals surface area contributed by atoms with Gasteiger partial charge in [-0.25, -0.2) is 14.6 Å². The molecule has 2 aromatic rings. The van der Waals surface area contributed by atoms with Gasteiger partial charge < -0.3 is 9.47 Å². The number of halogens is 1. The molecule has 0 amide bonds. The maximum Gasteiger partial charge on any atom is 0.340 e. The van der Waals surface area contributed by atoms with Gasteiger partial charge in [0, 0.05) is 6.20 Å². The molecular weight excluding hydrogens is 296 g/mol. The van der Waals surface area contributed by atoms with Gasteiger partial charge in [-0.1, -0.05) is 11.6 Å². The smallest absolute Gasteiger partial charge is 0.340 e. The minimum absolute atomic E-state index is 0.158. The van der Waals surface area contributed by atoms with E-state index in [4.69, 9.17) is 21.1 Å². The van der Waals surface area contributed by atoms with Crippen LogP contribution in [-0.4, -0.2) is 36.1 Å². The number of methoxy groups -OCH3 is 2. The molecule has 0 aromatic carbocycles. The molecule has 6 nitrogen and oxygen atoms in total. The Balaban J connectivity index is 2.69. The summed E-state index contributed by atoms with van der Waals surface area (Å²) in [5.41, 5.74) is 0.702. The summed E-state index contributed by atoms with van der Waals surface area (Å²) in [4.78, 5) is 31.8. The van der Waals surface area contributed by atoms with Crippen molar-refractivity contribution in [3.63, 3.8) is 0 Å². The monoisotopic (exact) mass is 306 g/mol. The van der Waals surface area contributed by atoms with Gasteiger partial charge in [0.25, 0.3) is 0 Å². The van der Waals surface area contributed by atoms with Crippen LogP contribution in [0.15, 0.2) is 30.5 Å². The van der Waals surface area contributed by atoms with Crippen molar-refractivity contribution in [2.45, 2.75) is 0 Å². The Morgan fingerprint density at radius 1 is 1.00 bits per heavy atom. The lowest BCUT2D eigenvalue weighted by Gasteiger charge is -2.10. The molecule has 108 valence electrons. The van der Waals surface area contributed by atoms with Gasteiger partial charge in [-0.05, 0) is 24.3 Å². The highest BCUT2D eigenvalue weighted by atomic mass is 35.5. The van der Waals surface area contributed by atoms with E-state index in [1.54, 1.807) is 6.07 Å². The SMILES string of the molecule is COC(=O)c1cccnc1-c1nc(Cl)ccc1C(=O)OC. The summed E-state index contributed by atoms with van der Waals surface area (Å²) >= 11 is 5.87. The second-order valence-electron chi connectivity index (χ2n) is 3.91. The van der Waals surface area contributed by atoms with E-state index in [0.29, 0.717) is 0 Å². The Morgan fingerprint density at radius 3 is 2.24 bits per heavy atom. The van der Waals surface area contributed by atoms with Gasteiger partial charge in [0.2, 0.25) is 0 Å². The van der Waals surface area contributed by atoms with Crippen molar-refractivity contribution in [1.29, 1.82) is 0 Å². The second kappa shape index (κ2) is 6.32. The summed E-state index contributed by atoms with van der Waals surface area (Å²) in [7, 11) is 2.51. The lowest BCUT2D eigenvalue weighted by Crippen LogP contribution is -2.10. The topological polar surface area (TPSA) is 78.4 Å². The van der Waals surface area contributed by atoms with Crippen molar-refractivity contribution in [3.8, 4) is 11.4 Å².